The lowest BCUT2D eigenvalue weighted by molar-refractivity contribution is 0.643. The molecule has 8 aromatic rings. The van der Waals surface area contributed by atoms with Gasteiger partial charge in [-0.15, -0.1) is 0 Å². The highest BCUT2D eigenvalue weighted by molar-refractivity contribution is 6.11. The number of rotatable bonds is 6. The summed E-state index contributed by atoms with van der Waals surface area (Å²) in [7, 11) is 0. The normalized spacial score (nSPS) is 11.9. The van der Waals surface area contributed by atoms with Gasteiger partial charge in [-0.25, -0.2) is 0 Å². The number of para-hydroxylation sites is 3. The maximum absolute atomic E-state index is 2.44. The lowest BCUT2D eigenvalue weighted by atomic mass is 9.93. The Morgan fingerprint density at radius 2 is 0.953 bits per heavy atom. The van der Waals surface area contributed by atoms with Crippen LogP contribution in [0.1, 0.15) is 38.2 Å². The third kappa shape index (κ3) is 4.09. The van der Waals surface area contributed by atoms with Gasteiger partial charge in [0.1, 0.15) is 0 Å². The van der Waals surface area contributed by atoms with Crippen molar-refractivity contribution in [2.45, 2.75) is 32.6 Å². The van der Waals surface area contributed by atoms with Crippen molar-refractivity contribution in [2.24, 2.45) is 0 Å². The molecule has 2 nitrogen and oxygen atoms in total. The lowest BCUT2D eigenvalue weighted by Crippen LogP contribution is -1.97. The SMILES string of the molecule is CCC(CC)c1ccc2c(c1)c1ccccc1n2-c1cccc(-c2ccc3c(c2)c2ccccc2n3-c2ccccc2)c1. The molecule has 2 heteroatoms. The molecule has 0 aliphatic rings. The monoisotopic (exact) mass is 554 g/mol. The fraction of sp³-hybridized carbons (Fsp3) is 0.122. The Kier molecular flexibility index (Phi) is 6.15. The standard InChI is InChI=1S/C41H34N2/c1-3-28(4-2)30-21-23-41-36(26-30)35-18-9-11-20-39(35)43(41)33-16-12-13-29(25-33)31-22-24-40-37(27-31)34-17-8-10-19-38(34)42(40)32-14-6-5-7-15-32/h5-28H,3-4H2,1-2H3. The van der Waals surface area contributed by atoms with Gasteiger partial charge in [-0.3, -0.25) is 0 Å². The molecule has 0 radical (unpaired) electrons. The first-order valence-corrected chi connectivity index (χ1v) is 15.5. The van der Waals surface area contributed by atoms with Crippen LogP contribution < -0.4 is 0 Å². The molecule has 0 saturated heterocycles. The summed E-state index contributed by atoms with van der Waals surface area (Å²) in [6.07, 6.45) is 2.33. The van der Waals surface area contributed by atoms with Gasteiger partial charge < -0.3 is 9.13 Å². The molecule has 0 unspecified atom stereocenters. The van der Waals surface area contributed by atoms with Gasteiger partial charge in [0.25, 0.3) is 0 Å². The van der Waals surface area contributed by atoms with Gasteiger partial charge in [-0.2, -0.15) is 0 Å². The van der Waals surface area contributed by atoms with E-state index in [0.29, 0.717) is 5.92 Å². The minimum Gasteiger partial charge on any atom is -0.309 e. The zero-order chi connectivity index (χ0) is 28.9. The molecule has 8 rings (SSSR count). The summed E-state index contributed by atoms with van der Waals surface area (Å²) < 4.78 is 4.81. The van der Waals surface area contributed by atoms with E-state index in [1.165, 1.54) is 71.7 Å². The van der Waals surface area contributed by atoms with Crippen molar-refractivity contribution in [3.05, 3.63) is 145 Å². The Balaban J connectivity index is 1.30. The van der Waals surface area contributed by atoms with Crippen molar-refractivity contribution in [3.8, 4) is 22.5 Å². The van der Waals surface area contributed by atoms with Crippen molar-refractivity contribution in [3.63, 3.8) is 0 Å². The van der Waals surface area contributed by atoms with Crippen LogP contribution in [0.4, 0.5) is 0 Å². The van der Waals surface area contributed by atoms with Gasteiger partial charge in [0.15, 0.2) is 0 Å². The summed E-state index contributed by atoms with van der Waals surface area (Å²) in [6, 6.07) is 51.3. The molecule has 0 aliphatic carbocycles. The largest absolute Gasteiger partial charge is 0.309 e. The van der Waals surface area contributed by atoms with Crippen LogP contribution in [0.2, 0.25) is 0 Å². The molecular weight excluding hydrogens is 520 g/mol. The van der Waals surface area contributed by atoms with E-state index in [4.69, 9.17) is 0 Å². The van der Waals surface area contributed by atoms with Crippen molar-refractivity contribution in [1.82, 2.24) is 9.13 Å². The van der Waals surface area contributed by atoms with Crippen molar-refractivity contribution < 1.29 is 0 Å². The minimum absolute atomic E-state index is 0.595. The van der Waals surface area contributed by atoms with E-state index in [2.05, 4.69) is 163 Å². The third-order valence-electron chi connectivity index (χ3n) is 9.28. The first-order valence-electron chi connectivity index (χ1n) is 15.5. The molecule has 208 valence electrons. The number of nitrogens with zero attached hydrogens (tertiary/aromatic N) is 2. The molecule has 0 bridgehead atoms. The summed E-state index contributed by atoms with van der Waals surface area (Å²) >= 11 is 0. The van der Waals surface area contributed by atoms with Gasteiger partial charge in [0.05, 0.1) is 22.1 Å². The lowest BCUT2D eigenvalue weighted by Gasteiger charge is -2.14. The molecular formula is C41H34N2. The molecule has 0 saturated carbocycles. The van der Waals surface area contributed by atoms with Crippen molar-refractivity contribution in [1.29, 1.82) is 0 Å². The Hall–Kier alpha value is -5.08. The Morgan fingerprint density at radius 3 is 1.65 bits per heavy atom. The fourth-order valence-electron chi connectivity index (χ4n) is 7.11. The highest BCUT2D eigenvalue weighted by Gasteiger charge is 2.16. The predicted octanol–water partition coefficient (Wildman–Crippen LogP) is 11.5. The third-order valence-corrected chi connectivity index (χ3v) is 9.28. The molecule has 0 spiro atoms. The van der Waals surface area contributed by atoms with E-state index >= 15 is 0 Å². The minimum atomic E-state index is 0.595. The zero-order valence-corrected chi connectivity index (χ0v) is 24.7. The van der Waals surface area contributed by atoms with Crippen LogP contribution in [-0.2, 0) is 0 Å². The summed E-state index contributed by atoms with van der Waals surface area (Å²) in [5.41, 5.74) is 11.2. The van der Waals surface area contributed by atoms with Gasteiger partial charge in [-0.05, 0) is 96.1 Å². The molecule has 0 amide bonds. The van der Waals surface area contributed by atoms with Crippen LogP contribution in [0, 0.1) is 0 Å². The topological polar surface area (TPSA) is 9.86 Å². The second kappa shape index (κ2) is 10.3. The van der Waals surface area contributed by atoms with E-state index in [9.17, 15) is 0 Å². The molecule has 0 fully saturated rings. The Morgan fingerprint density at radius 1 is 0.419 bits per heavy atom. The van der Waals surface area contributed by atoms with E-state index in [0.717, 1.165) is 12.8 Å². The molecule has 0 N–H and O–H groups in total. The second-order valence-electron chi connectivity index (χ2n) is 11.6. The average molecular weight is 555 g/mol. The van der Waals surface area contributed by atoms with E-state index in [1.807, 2.05) is 0 Å². The molecule has 6 aromatic carbocycles. The number of aromatic nitrogens is 2. The molecule has 2 heterocycles. The molecule has 43 heavy (non-hydrogen) atoms. The van der Waals surface area contributed by atoms with Crippen LogP contribution >= 0.6 is 0 Å². The highest BCUT2D eigenvalue weighted by Crippen LogP contribution is 2.38. The number of hydrogen-bond donors (Lipinski definition) is 0. The van der Waals surface area contributed by atoms with Gasteiger partial charge in [0.2, 0.25) is 0 Å². The average Bonchev–Trinajstić information content (AvgIpc) is 3.58. The van der Waals surface area contributed by atoms with Crippen LogP contribution in [0.25, 0.3) is 66.1 Å². The first-order chi connectivity index (χ1) is 21.2. The number of benzene rings is 6. The summed E-state index contributed by atoms with van der Waals surface area (Å²) in [5, 5.41) is 5.19. The van der Waals surface area contributed by atoms with Crippen molar-refractivity contribution >= 4 is 43.6 Å². The number of hydrogen-bond acceptors (Lipinski definition) is 0. The van der Waals surface area contributed by atoms with Crippen molar-refractivity contribution in [2.75, 3.05) is 0 Å². The van der Waals surface area contributed by atoms with Crippen LogP contribution in [0.15, 0.2) is 140 Å². The van der Waals surface area contributed by atoms with E-state index in [-0.39, 0.29) is 0 Å². The van der Waals surface area contributed by atoms with Crippen LogP contribution in [0.5, 0.6) is 0 Å². The summed E-state index contributed by atoms with van der Waals surface area (Å²) in [6.45, 7) is 4.59. The maximum atomic E-state index is 2.44. The van der Waals surface area contributed by atoms with E-state index in [1.54, 1.807) is 0 Å². The zero-order valence-electron chi connectivity index (χ0n) is 24.7. The number of fused-ring (bicyclic) bond motifs is 6. The fourth-order valence-corrected chi connectivity index (χ4v) is 7.11. The molecule has 0 atom stereocenters. The quantitative estimate of drug-likeness (QED) is 0.193. The molecule has 0 aliphatic heterocycles. The highest BCUT2D eigenvalue weighted by atomic mass is 15.0. The predicted molar refractivity (Wildman–Crippen MR) is 184 cm³/mol. The van der Waals surface area contributed by atoms with Gasteiger partial charge >= 0.3 is 0 Å². The van der Waals surface area contributed by atoms with Crippen LogP contribution in [0.3, 0.4) is 0 Å². The summed E-state index contributed by atoms with van der Waals surface area (Å²) in [4.78, 5) is 0. The summed E-state index contributed by atoms with van der Waals surface area (Å²) in [5.74, 6) is 0.595. The van der Waals surface area contributed by atoms with Gasteiger partial charge in [0, 0.05) is 32.9 Å². The van der Waals surface area contributed by atoms with E-state index < -0.39 is 0 Å². The first kappa shape index (κ1) is 25.6. The second-order valence-corrected chi connectivity index (χ2v) is 11.6. The maximum Gasteiger partial charge on any atom is 0.0541 e. The van der Waals surface area contributed by atoms with Gasteiger partial charge in [-0.1, -0.05) is 92.7 Å². The smallest absolute Gasteiger partial charge is 0.0541 e. The van der Waals surface area contributed by atoms with Crippen LogP contribution in [-0.4, -0.2) is 9.13 Å². The Labute approximate surface area is 252 Å². The molecule has 2 aromatic heterocycles. The Bertz CT molecular complexity index is 2260.